The van der Waals surface area contributed by atoms with Crippen LogP contribution in [0.1, 0.15) is 27.2 Å². The Balaban J connectivity index is 2.43. The lowest BCUT2D eigenvalue weighted by Gasteiger charge is -2.47. The second-order valence-electron chi connectivity index (χ2n) is 6.15. The minimum atomic E-state index is -0.864. The van der Waals surface area contributed by atoms with E-state index in [9.17, 15) is 9.90 Å². The predicted molar refractivity (Wildman–Crippen MR) is 72.7 cm³/mol. The standard InChI is InChI=1S/C14H20ClNO2/c1-13(2,3)14(9-15)7-4-5-11-10(14)6-8-16(11)12(17)18/h4-5,7,10H,6,8-9H2,1-3H3,(H,17,18). The van der Waals surface area contributed by atoms with Crippen LogP contribution in [0.4, 0.5) is 4.79 Å². The third-order valence-corrected chi connectivity index (χ3v) is 4.88. The number of hydrogen-bond acceptors (Lipinski definition) is 1. The molecule has 1 amide bonds. The number of carboxylic acid groups (broad SMARTS) is 1. The molecule has 1 saturated heterocycles. The fraction of sp³-hybridized carbons (Fsp3) is 0.643. The summed E-state index contributed by atoms with van der Waals surface area (Å²) in [5.74, 6) is 0.721. The van der Waals surface area contributed by atoms with E-state index < -0.39 is 6.09 Å². The Labute approximate surface area is 113 Å². The Morgan fingerprint density at radius 1 is 1.61 bits per heavy atom. The lowest BCUT2D eigenvalue weighted by atomic mass is 9.58. The molecule has 2 rings (SSSR count). The molecule has 0 spiro atoms. The summed E-state index contributed by atoms with van der Waals surface area (Å²) in [6.45, 7) is 7.09. The van der Waals surface area contributed by atoms with Gasteiger partial charge in [0.1, 0.15) is 0 Å². The van der Waals surface area contributed by atoms with E-state index in [1.165, 1.54) is 4.90 Å². The van der Waals surface area contributed by atoms with Crippen LogP contribution in [0.3, 0.4) is 0 Å². The number of fused-ring (bicyclic) bond motifs is 1. The Hall–Kier alpha value is -0.960. The molecule has 1 aliphatic carbocycles. The molecule has 4 heteroatoms. The molecule has 2 aliphatic rings. The number of carbonyl (C=O) groups is 1. The third-order valence-electron chi connectivity index (χ3n) is 4.44. The van der Waals surface area contributed by atoms with Gasteiger partial charge in [0.15, 0.2) is 0 Å². The molecule has 1 N–H and O–H groups in total. The van der Waals surface area contributed by atoms with Gasteiger partial charge in [-0.15, -0.1) is 11.6 Å². The molecule has 0 radical (unpaired) electrons. The fourth-order valence-electron chi connectivity index (χ4n) is 3.20. The minimum absolute atomic E-state index is 0.00391. The molecule has 1 aliphatic heterocycles. The van der Waals surface area contributed by atoms with E-state index in [1.54, 1.807) is 0 Å². The molecule has 2 atom stereocenters. The van der Waals surface area contributed by atoms with Crippen molar-refractivity contribution in [3.05, 3.63) is 23.9 Å². The maximum atomic E-state index is 11.2. The van der Waals surface area contributed by atoms with E-state index in [4.69, 9.17) is 11.6 Å². The van der Waals surface area contributed by atoms with Gasteiger partial charge in [-0.25, -0.2) is 4.79 Å². The highest BCUT2D eigenvalue weighted by atomic mass is 35.5. The number of amides is 1. The molecule has 18 heavy (non-hydrogen) atoms. The van der Waals surface area contributed by atoms with Gasteiger partial charge in [-0.1, -0.05) is 32.9 Å². The summed E-state index contributed by atoms with van der Waals surface area (Å²) in [5.41, 5.74) is 0.743. The predicted octanol–water partition coefficient (Wildman–Crippen LogP) is 3.71. The van der Waals surface area contributed by atoms with Crippen molar-refractivity contribution in [2.24, 2.45) is 16.7 Å². The summed E-state index contributed by atoms with van der Waals surface area (Å²) in [6.07, 6.45) is 6.03. The van der Waals surface area contributed by atoms with Gasteiger partial charge < -0.3 is 5.11 Å². The average molecular weight is 270 g/mol. The van der Waals surface area contributed by atoms with E-state index in [0.717, 1.165) is 12.1 Å². The Morgan fingerprint density at radius 3 is 2.78 bits per heavy atom. The third kappa shape index (κ3) is 1.76. The van der Waals surface area contributed by atoms with Crippen LogP contribution in [0, 0.1) is 16.7 Å². The van der Waals surface area contributed by atoms with E-state index in [0.29, 0.717) is 12.4 Å². The molecule has 0 saturated carbocycles. The molecule has 3 nitrogen and oxygen atoms in total. The molecule has 2 unspecified atom stereocenters. The van der Waals surface area contributed by atoms with Crippen LogP contribution in [0.2, 0.25) is 0 Å². The number of nitrogens with zero attached hydrogens (tertiary/aromatic N) is 1. The monoisotopic (exact) mass is 269 g/mol. The summed E-state index contributed by atoms with van der Waals surface area (Å²) < 4.78 is 0. The van der Waals surface area contributed by atoms with Gasteiger partial charge in [-0.2, -0.15) is 0 Å². The number of hydrogen-bond donors (Lipinski definition) is 1. The lowest BCUT2D eigenvalue weighted by Crippen LogP contribution is -2.44. The van der Waals surface area contributed by atoms with Crippen LogP contribution in [0.15, 0.2) is 23.9 Å². The highest BCUT2D eigenvalue weighted by Gasteiger charge is 2.51. The number of alkyl halides is 1. The molecule has 1 heterocycles. The topological polar surface area (TPSA) is 40.5 Å². The molecule has 0 bridgehead atoms. The van der Waals surface area contributed by atoms with Crippen molar-refractivity contribution in [2.75, 3.05) is 12.4 Å². The highest BCUT2D eigenvalue weighted by molar-refractivity contribution is 6.18. The molecule has 0 aromatic carbocycles. The second-order valence-corrected chi connectivity index (χ2v) is 6.42. The van der Waals surface area contributed by atoms with Crippen LogP contribution in [0.5, 0.6) is 0 Å². The van der Waals surface area contributed by atoms with E-state index in [-0.39, 0.29) is 16.7 Å². The largest absolute Gasteiger partial charge is 0.465 e. The van der Waals surface area contributed by atoms with Crippen molar-refractivity contribution in [3.63, 3.8) is 0 Å². The fourth-order valence-corrected chi connectivity index (χ4v) is 3.88. The smallest absolute Gasteiger partial charge is 0.411 e. The van der Waals surface area contributed by atoms with Crippen LogP contribution < -0.4 is 0 Å². The molecular weight excluding hydrogens is 250 g/mol. The first-order valence-electron chi connectivity index (χ1n) is 6.29. The van der Waals surface area contributed by atoms with Gasteiger partial charge in [0, 0.05) is 29.5 Å². The van der Waals surface area contributed by atoms with Crippen molar-refractivity contribution in [1.82, 2.24) is 4.90 Å². The second kappa shape index (κ2) is 4.30. The zero-order chi connectivity index (χ0) is 13.6. The van der Waals surface area contributed by atoms with Crippen molar-refractivity contribution >= 4 is 17.7 Å². The first-order chi connectivity index (χ1) is 8.33. The van der Waals surface area contributed by atoms with E-state index in [1.807, 2.05) is 12.2 Å². The SMILES string of the molecule is CC(C)(C)C1(CCl)C=CC=C2C1CCN2C(=O)O. The molecule has 1 fully saturated rings. The normalized spacial score (nSPS) is 31.2. The zero-order valence-electron chi connectivity index (χ0n) is 11.1. The molecular formula is C14H20ClNO2. The highest BCUT2D eigenvalue weighted by Crippen LogP contribution is 2.55. The Kier molecular flexibility index (Phi) is 3.22. The quantitative estimate of drug-likeness (QED) is 0.737. The first-order valence-corrected chi connectivity index (χ1v) is 6.83. The maximum absolute atomic E-state index is 11.2. The number of likely N-dealkylation sites (tertiary alicyclic amines) is 1. The van der Waals surface area contributed by atoms with Crippen LogP contribution in [-0.2, 0) is 0 Å². The van der Waals surface area contributed by atoms with Crippen LogP contribution in [-0.4, -0.2) is 28.5 Å². The Bertz CT molecular complexity index is 422. The van der Waals surface area contributed by atoms with Gasteiger partial charge in [0.25, 0.3) is 0 Å². The van der Waals surface area contributed by atoms with Crippen molar-refractivity contribution < 1.29 is 9.90 Å². The summed E-state index contributed by atoms with van der Waals surface area (Å²) in [4.78, 5) is 12.7. The summed E-state index contributed by atoms with van der Waals surface area (Å²) in [5, 5.41) is 9.23. The van der Waals surface area contributed by atoms with Gasteiger partial charge in [-0.05, 0) is 17.9 Å². The van der Waals surface area contributed by atoms with E-state index >= 15 is 0 Å². The Morgan fingerprint density at radius 2 is 2.28 bits per heavy atom. The number of allylic oxidation sites excluding steroid dienone is 4. The number of rotatable bonds is 1. The zero-order valence-corrected chi connectivity index (χ0v) is 11.9. The lowest BCUT2D eigenvalue weighted by molar-refractivity contribution is 0.109. The van der Waals surface area contributed by atoms with Gasteiger partial charge >= 0.3 is 6.09 Å². The maximum Gasteiger partial charge on any atom is 0.411 e. The molecule has 0 aromatic rings. The van der Waals surface area contributed by atoms with E-state index in [2.05, 4.69) is 26.8 Å². The van der Waals surface area contributed by atoms with Crippen molar-refractivity contribution in [2.45, 2.75) is 27.2 Å². The van der Waals surface area contributed by atoms with Crippen LogP contribution >= 0.6 is 11.6 Å². The average Bonchev–Trinajstić information content (AvgIpc) is 2.70. The van der Waals surface area contributed by atoms with Crippen molar-refractivity contribution in [3.8, 4) is 0 Å². The van der Waals surface area contributed by atoms with Gasteiger partial charge in [0.2, 0.25) is 0 Å². The summed E-state index contributed by atoms with van der Waals surface area (Å²) in [6, 6.07) is 0. The van der Waals surface area contributed by atoms with Gasteiger partial charge in [-0.3, -0.25) is 4.90 Å². The van der Waals surface area contributed by atoms with Crippen molar-refractivity contribution in [1.29, 1.82) is 0 Å². The van der Waals surface area contributed by atoms with Crippen LogP contribution in [0.25, 0.3) is 0 Å². The van der Waals surface area contributed by atoms with Gasteiger partial charge in [0.05, 0.1) is 0 Å². The summed E-state index contributed by atoms with van der Waals surface area (Å²) in [7, 11) is 0. The minimum Gasteiger partial charge on any atom is -0.465 e. The number of halogens is 1. The first kappa shape index (κ1) is 13.5. The molecule has 0 aromatic heterocycles. The molecule has 100 valence electrons. The summed E-state index contributed by atoms with van der Waals surface area (Å²) >= 11 is 6.27.